The molecule has 2 aromatic rings. The summed E-state index contributed by atoms with van der Waals surface area (Å²) >= 11 is 5.54. The first-order valence-corrected chi connectivity index (χ1v) is 5.76. The first-order valence-electron chi connectivity index (χ1n) is 5.38. The summed E-state index contributed by atoms with van der Waals surface area (Å²) in [4.78, 5) is 17.2. The maximum atomic E-state index is 13.4. The minimum atomic E-state index is -0.721. The van der Waals surface area contributed by atoms with Gasteiger partial charge in [0.2, 0.25) is 0 Å². The number of benzene rings is 1. The van der Waals surface area contributed by atoms with Gasteiger partial charge in [-0.15, -0.1) is 0 Å². The maximum absolute atomic E-state index is 13.4. The molecule has 100 valence electrons. The van der Waals surface area contributed by atoms with Crippen LogP contribution in [0, 0.1) is 15.9 Å². The van der Waals surface area contributed by atoms with Crippen molar-refractivity contribution in [2.75, 3.05) is 5.32 Å². The number of nitrogens with one attached hydrogen (secondary N) is 2. The molecule has 1 heterocycles. The molecular weight excluding hydrogens is 275 g/mol. The lowest BCUT2D eigenvalue weighted by molar-refractivity contribution is -0.384. The van der Waals surface area contributed by atoms with Crippen molar-refractivity contribution in [1.29, 1.82) is 0 Å². The van der Waals surface area contributed by atoms with Gasteiger partial charge in [0.1, 0.15) is 17.3 Å². The first-order chi connectivity index (χ1) is 8.99. The molecule has 8 heteroatoms. The van der Waals surface area contributed by atoms with E-state index in [2.05, 4.69) is 15.3 Å². The van der Waals surface area contributed by atoms with Crippen LogP contribution in [-0.4, -0.2) is 14.9 Å². The summed E-state index contributed by atoms with van der Waals surface area (Å²) in [6, 6.07) is 1.64. The van der Waals surface area contributed by atoms with Crippen LogP contribution in [-0.2, 0) is 0 Å². The molecule has 0 saturated carbocycles. The second kappa shape index (κ2) is 5.23. The summed E-state index contributed by atoms with van der Waals surface area (Å²) in [5.74, 6) is -0.133. The number of nitrogens with zero attached hydrogens (tertiary/aromatic N) is 2. The third kappa shape index (κ3) is 2.82. The van der Waals surface area contributed by atoms with Crippen molar-refractivity contribution < 1.29 is 9.31 Å². The van der Waals surface area contributed by atoms with E-state index in [1.807, 2.05) is 0 Å². The van der Waals surface area contributed by atoms with Crippen LogP contribution in [0.2, 0.25) is 5.02 Å². The zero-order valence-corrected chi connectivity index (χ0v) is 10.6. The molecular formula is C11H10ClFN4O2. The van der Waals surface area contributed by atoms with Gasteiger partial charge in [0.25, 0.3) is 5.69 Å². The molecule has 1 aromatic heterocycles. The van der Waals surface area contributed by atoms with Crippen molar-refractivity contribution in [1.82, 2.24) is 9.97 Å². The Hall–Kier alpha value is -2.15. The fourth-order valence-corrected chi connectivity index (χ4v) is 1.78. The molecule has 0 aliphatic carbocycles. The number of anilines is 1. The van der Waals surface area contributed by atoms with Crippen LogP contribution >= 0.6 is 11.6 Å². The van der Waals surface area contributed by atoms with E-state index in [1.165, 1.54) is 0 Å². The molecule has 2 N–H and O–H groups in total. The van der Waals surface area contributed by atoms with Gasteiger partial charge in [-0.3, -0.25) is 10.1 Å². The van der Waals surface area contributed by atoms with Crippen molar-refractivity contribution in [3.05, 3.63) is 51.3 Å². The van der Waals surface area contributed by atoms with E-state index < -0.39 is 10.7 Å². The first kappa shape index (κ1) is 13.3. The van der Waals surface area contributed by atoms with Gasteiger partial charge in [-0.2, -0.15) is 0 Å². The van der Waals surface area contributed by atoms with Crippen LogP contribution in [0.1, 0.15) is 18.8 Å². The van der Waals surface area contributed by atoms with Gasteiger partial charge < -0.3 is 10.3 Å². The second-order valence-corrected chi connectivity index (χ2v) is 4.29. The molecule has 0 saturated heterocycles. The van der Waals surface area contributed by atoms with E-state index in [0.717, 1.165) is 12.1 Å². The molecule has 1 unspecified atom stereocenters. The molecule has 2 rings (SSSR count). The summed E-state index contributed by atoms with van der Waals surface area (Å²) in [5.41, 5.74) is -0.236. The zero-order chi connectivity index (χ0) is 14.0. The summed E-state index contributed by atoms with van der Waals surface area (Å²) in [6.07, 6.45) is 3.19. The van der Waals surface area contributed by atoms with Crippen molar-refractivity contribution in [2.45, 2.75) is 13.0 Å². The molecule has 1 aromatic carbocycles. The Kier molecular flexibility index (Phi) is 3.66. The van der Waals surface area contributed by atoms with Gasteiger partial charge in [0, 0.05) is 24.5 Å². The van der Waals surface area contributed by atoms with Crippen LogP contribution in [0.5, 0.6) is 0 Å². The number of hydrogen-bond acceptors (Lipinski definition) is 4. The van der Waals surface area contributed by atoms with Crippen LogP contribution in [0.3, 0.4) is 0 Å². The third-order valence-electron chi connectivity index (χ3n) is 2.54. The van der Waals surface area contributed by atoms with E-state index in [4.69, 9.17) is 11.6 Å². The highest BCUT2D eigenvalue weighted by atomic mass is 35.5. The highest BCUT2D eigenvalue weighted by Gasteiger charge is 2.20. The number of aromatic nitrogens is 2. The topological polar surface area (TPSA) is 83.8 Å². The zero-order valence-electron chi connectivity index (χ0n) is 9.85. The van der Waals surface area contributed by atoms with Gasteiger partial charge in [-0.25, -0.2) is 9.37 Å². The quantitative estimate of drug-likeness (QED) is 0.666. The standard InChI is InChI=1S/C11H10ClFN4O2/c1-6(11-14-2-3-15-11)16-9-5-8(13)7(12)4-10(9)17(18)19/h2-6,16H,1H3,(H,14,15). The number of imidazole rings is 1. The van der Waals surface area contributed by atoms with Crippen LogP contribution < -0.4 is 5.32 Å². The number of nitro benzene ring substituents is 1. The number of halogens is 2. The summed E-state index contributed by atoms with van der Waals surface area (Å²) < 4.78 is 13.4. The van der Waals surface area contributed by atoms with Gasteiger partial charge in [0.15, 0.2) is 0 Å². The van der Waals surface area contributed by atoms with Crippen LogP contribution in [0.15, 0.2) is 24.5 Å². The average molecular weight is 285 g/mol. The lowest BCUT2D eigenvalue weighted by Crippen LogP contribution is -2.10. The van der Waals surface area contributed by atoms with E-state index in [-0.39, 0.29) is 22.4 Å². The molecule has 0 aliphatic heterocycles. The van der Waals surface area contributed by atoms with Crippen molar-refractivity contribution in [3.8, 4) is 0 Å². The highest BCUT2D eigenvalue weighted by Crippen LogP contribution is 2.32. The molecule has 0 fully saturated rings. The monoisotopic (exact) mass is 284 g/mol. The lowest BCUT2D eigenvalue weighted by atomic mass is 10.2. The molecule has 0 amide bonds. The predicted octanol–water partition coefficient (Wildman–Crippen LogP) is 3.28. The Labute approximate surface area is 112 Å². The number of aromatic amines is 1. The number of hydrogen-bond donors (Lipinski definition) is 2. The molecule has 19 heavy (non-hydrogen) atoms. The average Bonchev–Trinajstić information content (AvgIpc) is 2.86. The van der Waals surface area contributed by atoms with E-state index in [1.54, 1.807) is 19.3 Å². The Bertz CT molecular complexity index is 603. The minimum absolute atomic E-state index is 0.0517. The second-order valence-electron chi connectivity index (χ2n) is 3.88. The van der Waals surface area contributed by atoms with Crippen LogP contribution in [0.4, 0.5) is 15.8 Å². The molecule has 0 aliphatic rings. The molecule has 6 nitrogen and oxygen atoms in total. The largest absolute Gasteiger partial charge is 0.370 e. The Morgan fingerprint density at radius 2 is 2.32 bits per heavy atom. The smallest absolute Gasteiger partial charge is 0.294 e. The summed E-state index contributed by atoms with van der Waals surface area (Å²) in [7, 11) is 0. The summed E-state index contributed by atoms with van der Waals surface area (Å²) in [6.45, 7) is 1.75. The molecule has 0 radical (unpaired) electrons. The van der Waals surface area contributed by atoms with Crippen LogP contribution in [0.25, 0.3) is 0 Å². The molecule has 0 spiro atoms. The Balaban J connectivity index is 2.33. The SMILES string of the molecule is CC(Nc1cc(F)c(Cl)cc1[N+](=O)[O-])c1ncc[nH]1. The van der Waals surface area contributed by atoms with Gasteiger partial charge >= 0.3 is 0 Å². The lowest BCUT2D eigenvalue weighted by Gasteiger charge is -2.13. The molecule has 0 bridgehead atoms. The maximum Gasteiger partial charge on any atom is 0.294 e. The van der Waals surface area contributed by atoms with Crippen molar-refractivity contribution in [3.63, 3.8) is 0 Å². The van der Waals surface area contributed by atoms with E-state index >= 15 is 0 Å². The number of nitro groups is 1. The van der Waals surface area contributed by atoms with Crippen molar-refractivity contribution >= 4 is 23.0 Å². The number of H-pyrrole nitrogens is 1. The van der Waals surface area contributed by atoms with Gasteiger partial charge in [0.05, 0.1) is 16.0 Å². The third-order valence-corrected chi connectivity index (χ3v) is 2.83. The van der Waals surface area contributed by atoms with Gasteiger partial charge in [-0.05, 0) is 6.92 Å². The van der Waals surface area contributed by atoms with E-state index in [9.17, 15) is 14.5 Å². The minimum Gasteiger partial charge on any atom is -0.370 e. The fraction of sp³-hybridized carbons (Fsp3) is 0.182. The van der Waals surface area contributed by atoms with Crippen molar-refractivity contribution in [2.24, 2.45) is 0 Å². The predicted molar refractivity (Wildman–Crippen MR) is 68.7 cm³/mol. The fourth-order valence-electron chi connectivity index (χ4n) is 1.62. The normalized spacial score (nSPS) is 12.2. The number of rotatable bonds is 4. The van der Waals surface area contributed by atoms with E-state index in [0.29, 0.717) is 5.82 Å². The Morgan fingerprint density at radius 3 is 2.89 bits per heavy atom. The summed E-state index contributed by atoms with van der Waals surface area (Å²) in [5, 5.41) is 13.5. The molecule has 1 atom stereocenters. The highest BCUT2D eigenvalue weighted by molar-refractivity contribution is 6.31. The Morgan fingerprint density at radius 1 is 1.58 bits per heavy atom. The van der Waals surface area contributed by atoms with Gasteiger partial charge in [-0.1, -0.05) is 11.6 Å².